The summed E-state index contributed by atoms with van der Waals surface area (Å²) in [6.45, 7) is 0.519. The molecule has 0 aliphatic carbocycles. The van der Waals surface area contributed by atoms with Gasteiger partial charge in [0.1, 0.15) is 0 Å². The van der Waals surface area contributed by atoms with Crippen molar-refractivity contribution in [3.05, 3.63) is 34.9 Å². The first-order valence-corrected chi connectivity index (χ1v) is 5.36. The highest BCUT2D eigenvalue weighted by molar-refractivity contribution is 6.30. The van der Waals surface area contributed by atoms with Crippen LogP contribution >= 0.6 is 11.6 Å². The van der Waals surface area contributed by atoms with Crippen LogP contribution in [0.5, 0.6) is 0 Å². The second kappa shape index (κ2) is 6.14. The zero-order valence-corrected chi connectivity index (χ0v) is 9.87. The number of rotatable bonds is 4. The van der Waals surface area contributed by atoms with Crippen molar-refractivity contribution in [1.82, 2.24) is 4.90 Å². The van der Waals surface area contributed by atoms with Crippen LogP contribution in [0.3, 0.4) is 0 Å². The van der Waals surface area contributed by atoms with Gasteiger partial charge < -0.3 is 4.90 Å². The van der Waals surface area contributed by atoms with Crippen LogP contribution in [0, 0.1) is 11.3 Å². The zero-order valence-electron chi connectivity index (χ0n) is 9.11. The van der Waals surface area contributed by atoms with Gasteiger partial charge in [-0.15, -0.1) is 0 Å². The molecular formula is C12H13ClN2O. The molecule has 84 valence electrons. The second-order valence-corrected chi connectivity index (χ2v) is 3.97. The zero-order chi connectivity index (χ0) is 12.0. The molecule has 0 N–H and O–H groups in total. The van der Waals surface area contributed by atoms with Gasteiger partial charge in [-0.1, -0.05) is 23.7 Å². The molecule has 0 saturated carbocycles. The predicted molar refractivity (Wildman–Crippen MR) is 62.8 cm³/mol. The number of carbonyl (C=O) groups excluding carboxylic acids is 1. The summed E-state index contributed by atoms with van der Waals surface area (Å²) >= 11 is 5.84. The van der Waals surface area contributed by atoms with Gasteiger partial charge in [0, 0.05) is 31.5 Å². The average Bonchev–Trinajstić information content (AvgIpc) is 2.25. The van der Waals surface area contributed by atoms with E-state index in [0.29, 0.717) is 11.6 Å². The third kappa shape index (κ3) is 3.92. The number of hydrogen-bond acceptors (Lipinski definition) is 2. The fourth-order valence-corrected chi connectivity index (χ4v) is 1.56. The number of carbonyl (C=O) groups is 1. The lowest BCUT2D eigenvalue weighted by molar-refractivity contribution is -0.130. The van der Waals surface area contributed by atoms with Crippen molar-refractivity contribution in [1.29, 1.82) is 5.26 Å². The molecule has 0 bridgehead atoms. The normalized spacial score (nSPS) is 9.56. The summed E-state index contributed by atoms with van der Waals surface area (Å²) in [5.74, 6) is -0.0264. The molecule has 16 heavy (non-hydrogen) atoms. The topological polar surface area (TPSA) is 44.1 Å². The second-order valence-electron chi connectivity index (χ2n) is 3.54. The van der Waals surface area contributed by atoms with Gasteiger partial charge in [0.05, 0.1) is 6.07 Å². The fourth-order valence-electron chi connectivity index (χ4n) is 1.35. The van der Waals surface area contributed by atoms with Crippen LogP contribution in [0.1, 0.15) is 18.4 Å². The lowest BCUT2D eigenvalue weighted by Crippen LogP contribution is -2.25. The van der Waals surface area contributed by atoms with Gasteiger partial charge in [-0.3, -0.25) is 4.79 Å². The first kappa shape index (κ1) is 12.5. The molecule has 0 spiro atoms. The number of hydrogen-bond donors (Lipinski definition) is 0. The molecule has 0 aliphatic heterocycles. The van der Waals surface area contributed by atoms with Crippen LogP contribution in [0.4, 0.5) is 0 Å². The van der Waals surface area contributed by atoms with Crippen LogP contribution in [0.25, 0.3) is 0 Å². The van der Waals surface area contributed by atoms with Crippen LogP contribution in [-0.4, -0.2) is 17.9 Å². The van der Waals surface area contributed by atoms with E-state index in [4.69, 9.17) is 16.9 Å². The highest BCUT2D eigenvalue weighted by atomic mass is 35.5. The van der Waals surface area contributed by atoms with Crippen molar-refractivity contribution in [2.75, 3.05) is 7.05 Å². The standard InChI is InChI=1S/C12H13ClN2O/c1-15(12(16)6-3-7-14)9-10-4-2-5-11(13)8-10/h2,4-5,8H,3,6,9H2,1H3. The van der Waals surface area contributed by atoms with Crippen molar-refractivity contribution in [3.63, 3.8) is 0 Å². The molecule has 0 aromatic heterocycles. The Labute approximate surface area is 100 Å². The molecule has 4 heteroatoms. The van der Waals surface area contributed by atoms with Crippen molar-refractivity contribution < 1.29 is 4.79 Å². The molecule has 0 atom stereocenters. The third-order valence-electron chi connectivity index (χ3n) is 2.19. The largest absolute Gasteiger partial charge is 0.341 e. The molecule has 1 amide bonds. The SMILES string of the molecule is CN(Cc1cccc(Cl)c1)C(=O)CCC#N. The molecule has 0 aliphatic rings. The van der Waals surface area contributed by atoms with Crippen molar-refractivity contribution >= 4 is 17.5 Å². The Morgan fingerprint density at radius 3 is 2.94 bits per heavy atom. The Morgan fingerprint density at radius 2 is 2.31 bits per heavy atom. The lowest BCUT2D eigenvalue weighted by Gasteiger charge is -2.16. The van der Waals surface area contributed by atoms with Crippen LogP contribution in [0.2, 0.25) is 5.02 Å². The van der Waals surface area contributed by atoms with Gasteiger partial charge in [-0.05, 0) is 17.7 Å². The minimum atomic E-state index is -0.0264. The fraction of sp³-hybridized carbons (Fsp3) is 0.333. The summed E-state index contributed by atoms with van der Waals surface area (Å²) in [5, 5.41) is 9.05. The Morgan fingerprint density at radius 1 is 1.56 bits per heavy atom. The minimum absolute atomic E-state index is 0.0264. The number of nitriles is 1. The number of halogens is 1. The van der Waals surface area contributed by atoms with E-state index in [2.05, 4.69) is 0 Å². The number of nitrogens with zero attached hydrogens (tertiary/aromatic N) is 2. The van der Waals surface area contributed by atoms with E-state index in [0.717, 1.165) is 5.56 Å². The maximum absolute atomic E-state index is 11.5. The van der Waals surface area contributed by atoms with Gasteiger partial charge in [-0.25, -0.2) is 0 Å². The highest BCUT2D eigenvalue weighted by Gasteiger charge is 2.08. The van der Waals surface area contributed by atoms with Gasteiger partial charge >= 0.3 is 0 Å². The van der Waals surface area contributed by atoms with Gasteiger partial charge in [0.2, 0.25) is 5.91 Å². The molecule has 1 aromatic carbocycles. The molecule has 0 radical (unpaired) electrons. The Balaban J connectivity index is 2.54. The monoisotopic (exact) mass is 236 g/mol. The molecule has 0 saturated heterocycles. The van der Waals surface area contributed by atoms with Gasteiger partial charge in [-0.2, -0.15) is 5.26 Å². The summed E-state index contributed by atoms with van der Waals surface area (Å²) in [5.41, 5.74) is 0.986. The van der Waals surface area contributed by atoms with E-state index in [9.17, 15) is 4.79 Å². The third-order valence-corrected chi connectivity index (χ3v) is 2.42. The number of amides is 1. The van der Waals surface area contributed by atoms with Crippen LogP contribution in [0.15, 0.2) is 24.3 Å². The Kier molecular flexibility index (Phi) is 4.81. The molecule has 3 nitrogen and oxygen atoms in total. The van der Waals surface area contributed by atoms with E-state index in [-0.39, 0.29) is 18.7 Å². The summed E-state index contributed by atoms with van der Waals surface area (Å²) in [6, 6.07) is 9.35. The molecule has 0 heterocycles. The molecule has 0 fully saturated rings. The van der Waals surface area contributed by atoms with Crippen molar-refractivity contribution in [2.24, 2.45) is 0 Å². The van der Waals surface area contributed by atoms with Gasteiger partial charge in [0.15, 0.2) is 0 Å². The summed E-state index contributed by atoms with van der Waals surface area (Å²) in [7, 11) is 1.72. The Bertz CT molecular complexity index is 412. The Hall–Kier alpha value is -1.53. The summed E-state index contributed by atoms with van der Waals surface area (Å²) in [6.07, 6.45) is 0.534. The summed E-state index contributed by atoms with van der Waals surface area (Å²) in [4.78, 5) is 13.1. The molecule has 0 unspecified atom stereocenters. The molecular weight excluding hydrogens is 224 g/mol. The smallest absolute Gasteiger partial charge is 0.223 e. The average molecular weight is 237 g/mol. The van der Waals surface area contributed by atoms with Crippen LogP contribution < -0.4 is 0 Å². The molecule has 1 rings (SSSR count). The van der Waals surface area contributed by atoms with Gasteiger partial charge in [0.25, 0.3) is 0 Å². The number of benzene rings is 1. The van der Waals surface area contributed by atoms with Crippen LogP contribution in [-0.2, 0) is 11.3 Å². The maximum atomic E-state index is 11.5. The van der Waals surface area contributed by atoms with E-state index < -0.39 is 0 Å². The van der Waals surface area contributed by atoms with E-state index >= 15 is 0 Å². The lowest BCUT2D eigenvalue weighted by atomic mass is 10.2. The highest BCUT2D eigenvalue weighted by Crippen LogP contribution is 2.12. The van der Waals surface area contributed by atoms with E-state index in [1.807, 2.05) is 24.3 Å². The van der Waals surface area contributed by atoms with E-state index in [1.54, 1.807) is 18.0 Å². The first-order chi connectivity index (χ1) is 7.63. The molecule has 1 aromatic rings. The van der Waals surface area contributed by atoms with Crippen molar-refractivity contribution in [2.45, 2.75) is 19.4 Å². The first-order valence-electron chi connectivity index (χ1n) is 4.99. The van der Waals surface area contributed by atoms with Crippen molar-refractivity contribution in [3.8, 4) is 6.07 Å². The quantitative estimate of drug-likeness (QED) is 0.807. The maximum Gasteiger partial charge on any atom is 0.223 e. The predicted octanol–water partition coefficient (Wildman–Crippen LogP) is 2.60. The minimum Gasteiger partial charge on any atom is -0.341 e. The summed E-state index contributed by atoms with van der Waals surface area (Å²) < 4.78 is 0. The van der Waals surface area contributed by atoms with E-state index in [1.165, 1.54) is 0 Å².